The zero-order valence-electron chi connectivity index (χ0n) is 22.1. The average molecular weight is 463 g/mol. The summed E-state index contributed by atoms with van der Waals surface area (Å²) in [5, 5.41) is 0. The topological polar surface area (TPSA) is 35.5 Å². The zero-order chi connectivity index (χ0) is 23.8. The quantitative estimate of drug-likeness (QED) is 0.0970. The van der Waals surface area contributed by atoms with E-state index in [1.165, 1.54) is 109 Å². The van der Waals surface area contributed by atoms with E-state index in [1.807, 2.05) is 0 Å². The van der Waals surface area contributed by atoms with Crippen molar-refractivity contribution in [1.29, 1.82) is 0 Å². The largest absolute Gasteiger partial charge is 0.458 e. The summed E-state index contributed by atoms with van der Waals surface area (Å²) >= 11 is 0. The van der Waals surface area contributed by atoms with E-state index in [0.29, 0.717) is 11.5 Å². The Morgan fingerprint density at radius 1 is 0.848 bits per heavy atom. The van der Waals surface area contributed by atoms with E-state index in [-0.39, 0.29) is 17.5 Å². The molecule has 2 bridgehead atoms. The average Bonchev–Trinajstić information content (AvgIpc) is 3.36. The molecular weight excluding hydrogens is 408 g/mol. The number of hydrogen-bond acceptors (Lipinski definition) is 3. The van der Waals surface area contributed by atoms with Gasteiger partial charge in [0.15, 0.2) is 0 Å². The molecule has 2 fully saturated rings. The maximum atomic E-state index is 12.0. The molecule has 3 nitrogen and oxygen atoms in total. The van der Waals surface area contributed by atoms with Gasteiger partial charge in [-0.25, -0.2) is 4.79 Å². The van der Waals surface area contributed by atoms with Crippen LogP contribution in [0.3, 0.4) is 0 Å². The normalized spacial score (nSPS) is 23.8. The molecule has 2 aliphatic carbocycles. The SMILES string of the molecule is C=C(C)C(=O)OC1CC2CCC1(COCCCCCCCCCCCCCCCCCC)C2. The van der Waals surface area contributed by atoms with Gasteiger partial charge in [-0.1, -0.05) is 110 Å². The van der Waals surface area contributed by atoms with E-state index in [2.05, 4.69) is 13.5 Å². The first kappa shape index (κ1) is 28.4. The molecule has 0 aromatic rings. The van der Waals surface area contributed by atoms with Crippen molar-refractivity contribution in [3.63, 3.8) is 0 Å². The number of fused-ring (bicyclic) bond motifs is 2. The molecule has 2 aliphatic rings. The number of carbonyl (C=O) groups excluding carboxylic acids is 1. The van der Waals surface area contributed by atoms with Crippen LogP contribution in [0, 0.1) is 11.3 Å². The van der Waals surface area contributed by atoms with Crippen molar-refractivity contribution in [3.05, 3.63) is 12.2 Å². The van der Waals surface area contributed by atoms with Gasteiger partial charge in [-0.2, -0.15) is 0 Å². The maximum absolute atomic E-state index is 12.0. The summed E-state index contributed by atoms with van der Waals surface area (Å²) in [6.45, 7) is 9.36. The molecule has 0 saturated heterocycles. The molecule has 3 atom stereocenters. The Kier molecular flexibility index (Phi) is 14.4. The summed E-state index contributed by atoms with van der Waals surface area (Å²) in [5.41, 5.74) is 0.576. The second-order valence-corrected chi connectivity index (χ2v) is 11.2. The predicted molar refractivity (Wildman–Crippen MR) is 139 cm³/mol. The molecule has 33 heavy (non-hydrogen) atoms. The molecule has 0 heterocycles. The second kappa shape index (κ2) is 16.7. The highest BCUT2D eigenvalue weighted by atomic mass is 16.5. The van der Waals surface area contributed by atoms with E-state index in [4.69, 9.17) is 9.47 Å². The third-order valence-corrected chi connectivity index (χ3v) is 8.11. The van der Waals surface area contributed by atoms with E-state index >= 15 is 0 Å². The van der Waals surface area contributed by atoms with Gasteiger partial charge >= 0.3 is 5.97 Å². The van der Waals surface area contributed by atoms with Gasteiger partial charge in [0.05, 0.1) is 6.61 Å². The molecule has 0 radical (unpaired) electrons. The molecule has 2 rings (SSSR count). The van der Waals surface area contributed by atoms with Crippen LogP contribution in [0.4, 0.5) is 0 Å². The molecule has 0 aromatic carbocycles. The first-order valence-corrected chi connectivity index (χ1v) is 14.5. The molecule has 3 unspecified atom stereocenters. The Labute approximate surface area is 205 Å². The molecule has 192 valence electrons. The third-order valence-electron chi connectivity index (χ3n) is 8.11. The predicted octanol–water partition coefficient (Wildman–Crippen LogP) is 8.94. The van der Waals surface area contributed by atoms with E-state index in [9.17, 15) is 4.79 Å². The van der Waals surface area contributed by atoms with E-state index in [0.717, 1.165) is 32.5 Å². The number of esters is 1. The van der Waals surface area contributed by atoms with Crippen LogP contribution in [0.15, 0.2) is 12.2 Å². The van der Waals surface area contributed by atoms with Crippen LogP contribution in [0.1, 0.15) is 142 Å². The fourth-order valence-electron chi connectivity index (χ4n) is 5.97. The maximum Gasteiger partial charge on any atom is 0.333 e. The molecule has 2 saturated carbocycles. The van der Waals surface area contributed by atoms with Gasteiger partial charge < -0.3 is 9.47 Å². The number of hydrogen-bond donors (Lipinski definition) is 0. The smallest absolute Gasteiger partial charge is 0.333 e. The Balaban J connectivity index is 1.37. The number of rotatable bonds is 21. The van der Waals surface area contributed by atoms with Crippen molar-refractivity contribution in [1.82, 2.24) is 0 Å². The van der Waals surface area contributed by atoms with Crippen LogP contribution < -0.4 is 0 Å². The molecule has 0 aromatic heterocycles. The minimum atomic E-state index is -0.232. The lowest BCUT2D eigenvalue weighted by Crippen LogP contribution is -2.38. The lowest BCUT2D eigenvalue weighted by atomic mass is 9.82. The Morgan fingerprint density at radius 3 is 1.85 bits per heavy atom. The van der Waals surface area contributed by atoms with Crippen molar-refractivity contribution < 1.29 is 14.3 Å². The summed E-state index contributed by atoms with van der Waals surface area (Å²) in [5.74, 6) is 0.483. The van der Waals surface area contributed by atoms with Gasteiger partial charge in [0.2, 0.25) is 0 Å². The zero-order valence-corrected chi connectivity index (χ0v) is 22.1. The Morgan fingerprint density at radius 2 is 1.36 bits per heavy atom. The van der Waals surface area contributed by atoms with Crippen molar-refractivity contribution in [2.45, 2.75) is 148 Å². The highest BCUT2D eigenvalue weighted by Gasteiger charge is 2.54. The first-order valence-electron chi connectivity index (χ1n) is 14.5. The summed E-state index contributed by atoms with van der Waals surface area (Å²) in [6, 6.07) is 0. The van der Waals surface area contributed by atoms with Gasteiger partial charge in [0, 0.05) is 17.6 Å². The van der Waals surface area contributed by atoms with Crippen molar-refractivity contribution in [2.75, 3.05) is 13.2 Å². The molecule has 0 amide bonds. The van der Waals surface area contributed by atoms with Gasteiger partial charge in [-0.15, -0.1) is 0 Å². The van der Waals surface area contributed by atoms with Crippen molar-refractivity contribution in [2.24, 2.45) is 11.3 Å². The minimum Gasteiger partial charge on any atom is -0.458 e. The first-order chi connectivity index (χ1) is 16.1. The van der Waals surface area contributed by atoms with Crippen LogP contribution in [0.2, 0.25) is 0 Å². The third kappa shape index (κ3) is 11.0. The van der Waals surface area contributed by atoms with Gasteiger partial charge in [-0.05, 0) is 44.9 Å². The van der Waals surface area contributed by atoms with Crippen LogP contribution in [-0.4, -0.2) is 25.3 Å². The van der Waals surface area contributed by atoms with E-state index < -0.39 is 0 Å². The summed E-state index contributed by atoms with van der Waals surface area (Å²) < 4.78 is 11.9. The number of ether oxygens (including phenoxy) is 2. The highest BCUT2D eigenvalue weighted by Crippen LogP contribution is 2.55. The lowest BCUT2D eigenvalue weighted by molar-refractivity contribution is -0.153. The fraction of sp³-hybridized carbons (Fsp3) is 0.900. The van der Waals surface area contributed by atoms with Crippen LogP contribution in [-0.2, 0) is 14.3 Å². The number of unbranched alkanes of at least 4 members (excludes halogenated alkanes) is 15. The lowest BCUT2D eigenvalue weighted by Gasteiger charge is -2.34. The Bertz CT molecular complexity index is 543. The van der Waals surface area contributed by atoms with Crippen LogP contribution in [0.25, 0.3) is 0 Å². The molecule has 0 N–H and O–H groups in total. The van der Waals surface area contributed by atoms with Crippen LogP contribution in [0.5, 0.6) is 0 Å². The Hall–Kier alpha value is -0.830. The fourth-order valence-corrected chi connectivity index (χ4v) is 5.97. The number of carbonyl (C=O) groups is 1. The molecule has 0 aliphatic heterocycles. The highest BCUT2D eigenvalue weighted by molar-refractivity contribution is 5.87. The van der Waals surface area contributed by atoms with Crippen molar-refractivity contribution in [3.8, 4) is 0 Å². The van der Waals surface area contributed by atoms with E-state index in [1.54, 1.807) is 6.92 Å². The van der Waals surface area contributed by atoms with Crippen LogP contribution >= 0.6 is 0 Å². The molecule has 3 heteroatoms. The monoisotopic (exact) mass is 462 g/mol. The van der Waals surface area contributed by atoms with Gasteiger partial charge in [0.25, 0.3) is 0 Å². The van der Waals surface area contributed by atoms with Crippen molar-refractivity contribution >= 4 is 5.97 Å². The summed E-state index contributed by atoms with van der Waals surface area (Å²) in [7, 11) is 0. The molecule has 0 spiro atoms. The standard InChI is InChI=1S/C30H54O3/c1-4-5-6-7-8-9-10-11-12-13-14-15-16-17-18-19-22-32-25-30-21-20-27(24-30)23-28(30)33-29(31)26(2)3/h27-28H,2,4-25H2,1,3H3. The van der Waals surface area contributed by atoms with Gasteiger partial charge in [0.1, 0.15) is 6.10 Å². The second-order valence-electron chi connectivity index (χ2n) is 11.2. The minimum absolute atomic E-state index is 0.0336. The molecular formula is C30H54O3. The summed E-state index contributed by atoms with van der Waals surface area (Å²) in [6.07, 6.45) is 26.9. The summed E-state index contributed by atoms with van der Waals surface area (Å²) in [4.78, 5) is 12.0. The van der Waals surface area contributed by atoms with Gasteiger partial charge in [-0.3, -0.25) is 0 Å².